The van der Waals surface area contributed by atoms with Crippen LogP contribution < -0.4 is 4.90 Å². The molecule has 0 N–H and O–H groups in total. The Morgan fingerprint density at radius 1 is 1.00 bits per heavy atom. The second kappa shape index (κ2) is 6.85. The molecular formula is C19H25ClN4. The van der Waals surface area contributed by atoms with Gasteiger partial charge in [0.15, 0.2) is 0 Å². The number of aromatic nitrogens is 2. The Bertz CT molecular complexity index is 719. The van der Waals surface area contributed by atoms with Crippen LogP contribution in [0.15, 0.2) is 18.2 Å². The van der Waals surface area contributed by atoms with Crippen molar-refractivity contribution in [3.8, 4) is 0 Å². The molecule has 24 heavy (non-hydrogen) atoms. The monoisotopic (exact) mass is 344 g/mol. The van der Waals surface area contributed by atoms with Crippen LogP contribution in [0.4, 0.5) is 5.82 Å². The summed E-state index contributed by atoms with van der Waals surface area (Å²) in [6.45, 7) is 4.17. The van der Waals surface area contributed by atoms with Crippen LogP contribution in [0.2, 0.25) is 5.02 Å². The molecule has 1 aromatic heterocycles. The molecule has 2 fully saturated rings. The van der Waals surface area contributed by atoms with Crippen molar-refractivity contribution in [2.45, 2.75) is 38.0 Å². The lowest BCUT2D eigenvalue weighted by atomic mass is 9.88. The van der Waals surface area contributed by atoms with Gasteiger partial charge in [-0.2, -0.15) is 0 Å². The number of benzene rings is 1. The van der Waals surface area contributed by atoms with Crippen LogP contribution in [0.1, 0.15) is 43.8 Å². The van der Waals surface area contributed by atoms with Crippen molar-refractivity contribution in [3.05, 3.63) is 29.0 Å². The third kappa shape index (κ3) is 3.22. The minimum absolute atomic E-state index is 0.519. The SMILES string of the molecule is CN1CCN(c2nc(C3CCCCC3)nc3ccc(Cl)cc23)CC1. The average molecular weight is 345 g/mol. The smallest absolute Gasteiger partial charge is 0.140 e. The van der Waals surface area contributed by atoms with Gasteiger partial charge in [0.1, 0.15) is 11.6 Å². The van der Waals surface area contributed by atoms with E-state index in [-0.39, 0.29) is 0 Å². The van der Waals surface area contributed by atoms with E-state index >= 15 is 0 Å². The van der Waals surface area contributed by atoms with Gasteiger partial charge in [0, 0.05) is 42.5 Å². The summed E-state index contributed by atoms with van der Waals surface area (Å²) in [5.74, 6) is 2.64. The number of hydrogen-bond acceptors (Lipinski definition) is 4. The first-order valence-electron chi connectivity index (χ1n) is 9.11. The van der Waals surface area contributed by atoms with Gasteiger partial charge in [-0.3, -0.25) is 0 Å². The zero-order chi connectivity index (χ0) is 16.5. The summed E-state index contributed by atoms with van der Waals surface area (Å²) in [5, 5.41) is 1.85. The van der Waals surface area contributed by atoms with Crippen LogP contribution in [0, 0.1) is 0 Å². The van der Waals surface area contributed by atoms with Crippen LogP contribution in [-0.2, 0) is 0 Å². The van der Waals surface area contributed by atoms with Crippen LogP contribution in [0.5, 0.6) is 0 Å². The van der Waals surface area contributed by atoms with Crippen LogP contribution in [0.3, 0.4) is 0 Å². The normalized spacial score (nSPS) is 20.7. The highest BCUT2D eigenvalue weighted by Gasteiger charge is 2.23. The van der Waals surface area contributed by atoms with E-state index in [1.165, 1.54) is 32.1 Å². The fourth-order valence-corrected chi connectivity index (χ4v) is 4.08. The van der Waals surface area contributed by atoms with Crippen molar-refractivity contribution >= 4 is 28.3 Å². The molecule has 0 amide bonds. The number of rotatable bonds is 2. The summed E-state index contributed by atoms with van der Waals surface area (Å²) in [5.41, 5.74) is 1.03. The lowest BCUT2D eigenvalue weighted by molar-refractivity contribution is 0.312. The standard InChI is InChI=1S/C19H25ClN4/c1-23-9-11-24(12-10-23)19-16-13-15(20)7-8-17(16)21-18(22-19)14-5-3-2-4-6-14/h7-8,13-14H,2-6,9-12H2,1H3. The number of nitrogens with zero attached hydrogens (tertiary/aromatic N) is 4. The second-order valence-corrected chi connectivity index (χ2v) is 7.63. The first-order valence-corrected chi connectivity index (χ1v) is 9.49. The molecule has 5 heteroatoms. The summed E-state index contributed by atoms with van der Waals surface area (Å²) in [6.07, 6.45) is 6.40. The molecule has 2 aliphatic rings. The fraction of sp³-hybridized carbons (Fsp3) is 0.579. The highest BCUT2D eigenvalue weighted by atomic mass is 35.5. The van der Waals surface area contributed by atoms with E-state index in [9.17, 15) is 0 Å². The Morgan fingerprint density at radius 3 is 2.50 bits per heavy atom. The molecule has 2 heterocycles. The van der Waals surface area contributed by atoms with E-state index in [0.29, 0.717) is 5.92 Å². The van der Waals surface area contributed by atoms with Crippen molar-refractivity contribution in [2.75, 3.05) is 38.1 Å². The summed E-state index contributed by atoms with van der Waals surface area (Å²) in [6, 6.07) is 6.01. The molecular weight excluding hydrogens is 320 g/mol. The van der Waals surface area contributed by atoms with Gasteiger partial charge >= 0.3 is 0 Å². The van der Waals surface area contributed by atoms with Crippen LogP contribution in [-0.4, -0.2) is 48.1 Å². The van der Waals surface area contributed by atoms with Crippen LogP contribution >= 0.6 is 11.6 Å². The quantitative estimate of drug-likeness (QED) is 0.821. The first-order chi connectivity index (χ1) is 11.7. The van der Waals surface area contributed by atoms with Crippen molar-refractivity contribution in [1.29, 1.82) is 0 Å². The highest BCUT2D eigenvalue weighted by molar-refractivity contribution is 6.31. The van der Waals surface area contributed by atoms with Gasteiger partial charge < -0.3 is 9.80 Å². The van der Waals surface area contributed by atoms with Crippen molar-refractivity contribution < 1.29 is 0 Å². The number of hydrogen-bond donors (Lipinski definition) is 0. The van der Waals surface area contributed by atoms with E-state index < -0.39 is 0 Å². The Kier molecular flexibility index (Phi) is 4.59. The predicted molar refractivity (Wildman–Crippen MR) is 100 cm³/mol. The Hall–Kier alpha value is -1.39. The molecule has 1 aliphatic carbocycles. The second-order valence-electron chi connectivity index (χ2n) is 7.19. The molecule has 1 aliphatic heterocycles. The average Bonchev–Trinajstić information content (AvgIpc) is 2.62. The van der Waals surface area contributed by atoms with Gasteiger partial charge in [-0.05, 0) is 38.1 Å². The number of piperazine rings is 1. The summed E-state index contributed by atoms with van der Waals surface area (Å²) in [7, 11) is 2.18. The molecule has 0 spiro atoms. The summed E-state index contributed by atoms with van der Waals surface area (Å²) < 4.78 is 0. The minimum atomic E-state index is 0.519. The molecule has 2 aromatic rings. The molecule has 0 atom stereocenters. The molecule has 128 valence electrons. The maximum Gasteiger partial charge on any atom is 0.140 e. The van der Waals surface area contributed by atoms with E-state index in [1.54, 1.807) is 0 Å². The molecule has 0 unspecified atom stereocenters. The molecule has 1 saturated carbocycles. The number of anilines is 1. The summed E-state index contributed by atoms with van der Waals surface area (Å²) in [4.78, 5) is 14.7. The third-order valence-corrected chi connectivity index (χ3v) is 5.66. The van der Waals surface area contributed by atoms with Crippen LogP contribution in [0.25, 0.3) is 10.9 Å². The Labute approximate surface area is 148 Å². The van der Waals surface area contributed by atoms with Gasteiger partial charge in [0.25, 0.3) is 0 Å². The lowest BCUT2D eigenvalue weighted by Crippen LogP contribution is -2.45. The van der Waals surface area contributed by atoms with Crippen molar-refractivity contribution in [2.24, 2.45) is 0 Å². The van der Waals surface area contributed by atoms with Gasteiger partial charge in [0.2, 0.25) is 0 Å². The molecule has 4 rings (SSSR count). The maximum absolute atomic E-state index is 6.26. The van der Waals surface area contributed by atoms with E-state index in [1.807, 2.05) is 18.2 Å². The summed E-state index contributed by atoms with van der Waals surface area (Å²) >= 11 is 6.26. The van der Waals surface area contributed by atoms with Gasteiger partial charge in [-0.15, -0.1) is 0 Å². The maximum atomic E-state index is 6.26. The highest BCUT2D eigenvalue weighted by Crippen LogP contribution is 2.34. The third-order valence-electron chi connectivity index (χ3n) is 5.43. The number of fused-ring (bicyclic) bond motifs is 1. The molecule has 0 radical (unpaired) electrons. The largest absolute Gasteiger partial charge is 0.353 e. The van der Waals surface area contributed by atoms with E-state index in [4.69, 9.17) is 21.6 Å². The number of halogens is 1. The molecule has 1 saturated heterocycles. The minimum Gasteiger partial charge on any atom is -0.353 e. The molecule has 4 nitrogen and oxygen atoms in total. The van der Waals surface area contributed by atoms with Gasteiger partial charge in [-0.1, -0.05) is 30.9 Å². The molecule has 1 aromatic carbocycles. The Balaban J connectivity index is 1.77. The van der Waals surface area contributed by atoms with E-state index in [2.05, 4.69) is 16.8 Å². The zero-order valence-corrected chi connectivity index (χ0v) is 15.1. The fourth-order valence-electron chi connectivity index (χ4n) is 3.90. The van der Waals surface area contributed by atoms with Crippen molar-refractivity contribution in [3.63, 3.8) is 0 Å². The number of likely N-dealkylation sites (N-methyl/N-ethyl adjacent to an activating group) is 1. The Morgan fingerprint density at radius 2 is 1.75 bits per heavy atom. The topological polar surface area (TPSA) is 32.3 Å². The predicted octanol–water partition coefficient (Wildman–Crippen LogP) is 4.08. The first kappa shape index (κ1) is 16.1. The van der Waals surface area contributed by atoms with Gasteiger partial charge in [-0.25, -0.2) is 9.97 Å². The molecule has 0 bridgehead atoms. The zero-order valence-electron chi connectivity index (χ0n) is 14.3. The lowest BCUT2D eigenvalue weighted by Gasteiger charge is -2.34. The van der Waals surface area contributed by atoms with Crippen molar-refractivity contribution in [1.82, 2.24) is 14.9 Å². The van der Waals surface area contributed by atoms with E-state index in [0.717, 1.165) is 53.7 Å². The van der Waals surface area contributed by atoms with Gasteiger partial charge in [0.05, 0.1) is 5.52 Å².